The minimum absolute atomic E-state index is 0.667. The van der Waals surface area contributed by atoms with Gasteiger partial charge < -0.3 is 4.42 Å². The third kappa shape index (κ3) is 7.32. The third-order valence-corrected chi connectivity index (χ3v) is 13.3. The van der Waals surface area contributed by atoms with Crippen molar-refractivity contribution < 1.29 is 4.42 Å². The van der Waals surface area contributed by atoms with Crippen LogP contribution >= 0.6 is 0 Å². The maximum absolute atomic E-state index is 6.71. The Bertz CT molecular complexity index is 3960. The van der Waals surface area contributed by atoms with E-state index >= 15 is 0 Å². The van der Waals surface area contributed by atoms with Crippen LogP contribution < -0.4 is 0 Å². The predicted octanol–water partition coefficient (Wildman–Crippen LogP) is 17.4. The van der Waals surface area contributed by atoms with E-state index in [1.807, 2.05) is 24.3 Å². The molecule has 0 saturated carbocycles. The molecule has 13 rings (SSSR count). The van der Waals surface area contributed by atoms with Crippen molar-refractivity contribution in [1.29, 1.82) is 0 Å². The molecule has 13 aromatic rings. The first-order chi connectivity index (χ1) is 34.2. The second-order valence-corrected chi connectivity index (χ2v) is 17.5. The van der Waals surface area contributed by atoms with Gasteiger partial charge in [0.15, 0.2) is 5.82 Å². The molecule has 4 heteroatoms. The van der Waals surface area contributed by atoms with Crippen molar-refractivity contribution in [2.45, 2.75) is 0 Å². The Morgan fingerprint density at radius 3 is 1.36 bits per heavy atom. The van der Waals surface area contributed by atoms with Gasteiger partial charge in [0.05, 0.1) is 22.6 Å². The predicted molar refractivity (Wildman–Crippen MR) is 286 cm³/mol. The zero-order valence-corrected chi connectivity index (χ0v) is 37.4. The zero-order valence-electron chi connectivity index (χ0n) is 37.4. The summed E-state index contributed by atoms with van der Waals surface area (Å²) >= 11 is 0. The molecule has 0 unspecified atom stereocenters. The van der Waals surface area contributed by atoms with Crippen molar-refractivity contribution in [3.8, 4) is 89.7 Å². The largest absolute Gasteiger partial charge is 0.456 e. The van der Waals surface area contributed by atoms with E-state index in [0.717, 1.165) is 116 Å². The number of hydrogen-bond donors (Lipinski definition) is 0. The van der Waals surface area contributed by atoms with E-state index in [-0.39, 0.29) is 0 Å². The minimum Gasteiger partial charge on any atom is -0.456 e. The molecule has 3 aromatic heterocycles. The monoisotopic (exact) mass is 879 g/mol. The molecule has 0 bridgehead atoms. The Morgan fingerprint density at radius 1 is 0.261 bits per heavy atom. The lowest BCUT2D eigenvalue weighted by molar-refractivity contribution is 0.669. The molecule has 0 spiro atoms. The van der Waals surface area contributed by atoms with E-state index in [0.29, 0.717) is 5.82 Å². The van der Waals surface area contributed by atoms with Crippen LogP contribution in [0.5, 0.6) is 0 Å². The van der Waals surface area contributed by atoms with Gasteiger partial charge in [-0.2, -0.15) is 0 Å². The van der Waals surface area contributed by atoms with Crippen LogP contribution in [0.4, 0.5) is 0 Å². The smallest absolute Gasteiger partial charge is 0.160 e. The van der Waals surface area contributed by atoms with Gasteiger partial charge in [0, 0.05) is 54.7 Å². The Kier molecular flexibility index (Phi) is 9.80. The zero-order chi connectivity index (χ0) is 45.7. The van der Waals surface area contributed by atoms with Crippen LogP contribution in [-0.2, 0) is 0 Å². The first-order valence-corrected chi connectivity index (χ1v) is 23.3. The van der Waals surface area contributed by atoms with Gasteiger partial charge in [0.1, 0.15) is 11.2 Å². The quantitative estimate of drug-likeness (QED) is 0.143. The highest BCUT2D eigenvalue weighted by molar-refractivity contribution is 6.27. The highest BCUT2D eigenvalue weighted by atomic mass is 16.3. The van der Waals surface area contributed by atoms with Crippen LogP contribution in [0.25, 0.3) is 133 Å². The Morgan fingerprint density at radius 2 is 0.725 bits per heavy atom. The first kappa shape index (κ1) is 40.1. The number of nitrogens with zero attached hydrogens (tertiary/aromatic N) is 3. The summed E-state index contributed by atoms with van der Waals surface area (Å²) in [5, 5.41) is 5.45. The molecule has 0 radical (unpaired) electrons. The van der Waals surface area contributed by atoms with Gasteiger partial charge in [0.2, 0.25) is 0 Å². The topological polar surface area (TPSA) is 51.8 Å². The summed E-state index contributed by atoms with van der Waals surface area (Å²) in [5.74, 6) is 0.667. The number of rotatable bonds is 8. The van der Waals surface area contributed by atoms with Crippen molar-refractivity contribution in [3.63, 3.8) is 0 Å². The highest BCUT2D eigenvalue weighted by Crippen LogP contribution is 2.47. The van der Waals surface area contributed by atoms with Crippen molar-refractivity contribution >= 4 is 43.6 Å². The average molecular weight is 880 g/mol. The Labute approximate surface area is 399 Å². The van der Waals surface area contributed by atoms with Gasteiger partial charge in [-0.25, -0.2) is 15.0 Å². The Hall–Kier alpha value is -9.25. The molecule has 4 nitrogen and oxygen atoms in total. The number of benzene rings is 10. The van der Waals surface area contributed by atoms with E-state index in [9.17, 15) is 0 Å². The number of hydrogen-bond acceptors (Lipinski definition) is 4. The summed E-state index contributed by atoms with van der Waals surface area (Å²) in [6, 6.07) is 87.5. The van der Waals surface area contributed by atoms with Crippen LogP contribution in [0, 0.1) is 0 Å². The fourth-order valence-electron chi connectivity index (χ4n) is 9.91. The Balaban J connectivity index is 0.985. The molecule has 0 N–H and O–H groups in total. The number of pyridine rings is 1. The van der Waals surface area contributed by atoms with Gasteiger partial charge >= 0.3 is 0 Å². The second kappa shape index (κ2) is 16.9. The van der Waals surface area contributed by atoms with E-state index < -0.39 is 0 Å². The summed E-state index contributed by atoms with van der Waals surface area (Å²) in [6.45, 7) is 0. The van der Waals surface area contributed by atoms with Gasteiger partial charge in [-0.15, -0.1) is 0 Å². The van der Waals surface area contributed by atoms with Crippen molar-refractivity contribution in [3.05, 3.63) is 249 Å². The molecular weight excluding hydrogens is 839 g/mol. The lowest BCUT2D eigenvalue weighted by Gasteiger charge is -2.16. The molecule has 69 heavy (non-hydrogen) atoms. The number of aromatic nitrogens is 3. The van der Waals surface area contributed by atoms with E-state index in [2.05, 4.69) is 224 Å². The van der Waals surface area contributed by atoms with Crippen molar-refractivity contribution in [2.24, 2.45) is 0 Å². The minimum atomic E-state index is 0.667. The molecule has 0 aliphatic carbocycles. The molecule has 0 saturated heterocycles. The first-order valence-electron chi connectivity index (χ1n) is 23.3. The highest BCUT2D eigenvalue weighted by Gasteiger charge is 2.22. The summed E-state index contributed by atoms with van der Waals surface area (Å²) in [7, 11) is 0. The number of furan rings is 1. The standard InChI is InChI=1S/C65H41N3O/c1-5-17-42(18-6-1)45-29-33-47(34-30-45)61-62-53-25-13-15-27-56(53)66-64(55(62)40-60-63(61)54-26-14-16-28-59(54)69-60)48-35-31-46(32-36-48)57-41-58(68-65(67-57)49-23-11-4-12-24-49)52-38-50(43-19-7-2-8-20-43)37-51(39-52)44-21-9-3-10-22-44/h1-41H. The lowest BCUT2D eigenvalue weighted by atomic mass is 9.89. The number of fused-ring (bicyclic) bond motifs is 6. The average Bonchev–Trinajstić information content (AvgIpc) is 3.81. The van der Waals surface area contributed by atoms with Crippen LogP contribution in [-0.4, -0.2) is 15.0 Å². The maximum atomic E-state index is 6.71. The van der Waals surface area contributed by atoms with Gasteiger partial charge in [-0.05, 0) is 81.4 Å². The molecule has 0 fully saturated rings. The summed E-state index contributed by atoms with van der Waals surface area (Å²) in [5.41, 5.74) is 18.3. The molecule has 322 valence electrons. The molecule has 0 atom stereocenters. The van der Waals surface area contributed by atoms with Crippen LogP contribution in [0.1, 0.15) is 0 Å². The van der Waals surface area contributed by atoms with E-state index in [1.54, 1.807) is 0 Å². The lowest BCUT2D eigenvalue weighted by Crippen LogP contribution is -1.97. The van der Waals surface area contributed by atoms with Crippen LogP contribution in [0.3, 0.4) is 0 Å². The van der Waals surface area contributed by atoms with Gasteiger partial charge in [-0.1, -0.05) is 206 Å². The fraction of sp³-hybridized carbons (Fsp3) is 0. The van der Waals surface area contributed by atoms with Gasteiger partial charge in [0.25, 0.3) is 0 Å². The normalized spacial score (nSPS) is 11.5. The molecule has 3 heterocycles. The third-order valence-electron chi connectivity index (χ3n) is 13.3. The van der Waals surface area contributed by atoms with Crippen molar-refractivity contribution in [1.82, 2.24) is 15.0 Å². The second-order valence-electron chi connectivity index (χ2n) is 17.5. The van der Waals surface area contributed by atoms with Crippen LogP contribution in [0.15, 0.2) is 253 Å². The van der Waals surface area contributed by atoms with E-state index in [4.69, 9.17) is 19.4 Å². The SMILES string of the molecule is c1ccc(-c2ccc(-c3c4c(cc5c(-c6ccc(-c7cc(-c8cc(-c9ccccc9)cc(-c9ccccc9)c8)nc(-c8ccccc8)n7)cc6)nc6ccccc6c35)oc3ccccc34)cc2)cc1. The molecular formula is C65H41N3O. The molecule has 0 amide bonds. The molecule has 0 aliphatic heterocycles. The molecule has 10 aromatic carbocycles. The summed E-state index contributed by atoms with van der Waals surface area (Å²) in [6.07, 6.45) is 0. The fourth-order valence-corrected chi connectivity index (χ4v) is 9.91. The summed E-state index contributed by atoms with van der Waals surface area (Å²) in [4.78, 5) is 15.9. The van der Waals surface area contributed by atoms with Crippen LogP contribution in [0.2, 0.25) is 0 Å². The van der Waals surface area contributed by atoms with Gasteiger partial charge in [-0.3, -0.25) is 0 Å². The molecule has 0 aliphatic rings. The van der Waals surface area contributed by atoms with E-state index in [1.165, 1.54) is 11.1 Å². The number of para-hydroxylation sites is 2. The van der Waals surface area contributed by atoms with Crippen molar-refractivity contribution in [2.75, 3.05) is 0 Å². The maximum Gasteiger partial charge on any atom is 0.160 e. The summed E-state index contributed by atoms with van der Waals surface area (Å²) < 4.78 is 6.71.